The summed E-state index contributed by atoms with van der Waals surface area (Å²) in [6, 6.07) is 18.2. The lowest BCUT2D eigenvalue weighted by Gasteiger charge is -2.32. The maximum absolute atomic E-state index is 12.7. The third-order valence-electron chi connectivity index (χ3n) is 5.63. The van der Waals surface area contributed by atoms with E-state index in [1.54, 1.807) is 6.07 Å². The minimum Gasteiger partial charge on any atom is -0.406 e. The summed E-state index contributed by atoms with van der Waals surface area (Å²) in [7, 11) is 2.13. The molecule has 4 rings (SSSR count). The molecule has 1 aromatic heterocycles. The molecule has 0 unspecified atom stereocenters. The van der Waals surface area contributed by atoms with Gasteiger partial charge in [0, 0.05) is 49.7 Å². The van der Waals surface area contributed by atoms with Crippen molar-refractivity contribution in [3.8, 4) is 28.3 Å². The quantitative estimate of drug-likeness (QED) is 0.596. The number of hydrogen-bond donors (Lipinski definition) is 1. The zero-order valence-corrected chi connectivity index (χ0v) is 17.5. The molecule has 0 spiro atoms. The van der Waals surface area contributed by atoms with Gasteiger partial charge in [0.15, 0.2) is 0 Å². The number of likely N-dealkylation sites (N-methyl/N-ethyl adjacent to an activating group) is 1. The van der Waals surface area contributed by atoms with Gasteiger partial charge in [-0.2, -0.15) is 0 Å². The first kappa shape index (κ1) is 21.5. The normalized spacial score (nSPS) is 15.9. The summed E-state index contributed by atoms with van der Waals surface area (Å²) in [5.41, 5.74) is 4.59. The second-order valence-corrected chi connectivity index (χ2v) is 7.92. The molecule has 0 bridgehead atoms. The molecule has 31 heavy (non-hydrogen) atoms. The molecule has 0 saturated carbocycles. The van der Waals surface area contributed by atoms with E-state index >= 15 is 0 Å². The van der Waals surface area contributed by atoms with E-state index in [1.165, 1.54) is 12.1 Å². The van der Waals surface area contributed by atoms with Gasteiger partial charge in [-0.25, -0.2) is 0 Å². The zero-order valence-electron chi connectivity index (χ0n) is 17.5. The zero-order chi connectivity index (χ0) is 21.8. The number of nitrogens with zero attached hydrogens (tertiary/aromatic N) is 2. The lowest BCUT2D eigenvalue weighted by Crippen LogP contribution is -2.45. The SMILES string of the molecule is CN1CCN(CCc2cc(-c3ccccc3)[nH]c2-c2cccc(OC(F)(F)F)c2)CC1. The van der Waals surface area contributed by atoms with E-state index in [-0.39, 0.29) is 5.75 Å². The van der Waals surface area contributed by atoms with Crippen molar-refractivity contribution in [3.05, 3.63) is 66.2 Å². The highest BCUT2D eigenvalue weighted by Gasteiger charge is 2.31. The predicted octanol–water partition coefficient (Wildman–Crippen LogP) is 5.04. The van der Waals surface area contributed by atoms with Crippen molar-refractivity contribution in [1.29, 1.82) is 0 Å². The molecular formula is C24H26F3N3O. The summed E-state index contributed by atoms with van der Waals surface area (Å²) in [6.45, 7) is 5.05. The molecule has 3 aromatic rings. The van der Waals surface area contributed by atoms with Crippen LogP contribution in [-0.4, -0.2) is 60.9 Å². The Kier molecular flexibility index (Phi) is 6.34. The number of nitrogens with one attached hydrogen (secondary N) is 1. The summed E-state index contributed by atoms with van der Waals surface area (Å²) in [5.74, 6) is -0.217. The lowest BCUT2D eigenvalue weighted by atomic mass is 10.0. The number of rotatable bonds is 6. The van der Waals surface area contributed by atoms with Crippen molar-refractivity contribution in [2.24, 2.45) is 0 Å². The minimum atomic E-state index is -4.71. The van der Waals surface area contributed by atoms with Crippen LogP contribution in [0.2, 0.25) is 0 Å². The standard InChI is InChI=1S/C24H26F3N3O/c1-29-12-14-30(15-13-29)11-10-20-17-22(18-6-3-2-4-7-18)28-23(20)19-8-5-9-21(16-19)31-24(25,26)27/h2-9,16-17,28H,10-15H2,1H3. The monoisotopic (exact) mass is 429 g/mol. The summed E-state index contributed by atoms with van der Waals surface area (Å²) >= 11 is 0. The van der Waals surface area contributed by atoms with Gasteiger partial charge < -0.3 is 19.5 Å². The molecule has 1 N–H and O–H groups in total. The fraction of sp³-hybridized carbons (Fsp3) is 0.333. The highest BCUT2D eigenvalue weighted by molar-refractivity contribution is 5.72. The van der Waals surface area contributed by atoms with Crippen LogP contribution in [0.3, 0.4) is 0 Å². The maximum Gasteiger partial charge on any atom is 0.573 e. The van der Waals surface area contributed by atoms with Gasteiger partial charge in [-0.05, 0) is 42.8 Å². The Morgan fingerprint density at radius 2 is 1.61 bits per heavy atom. The molecule has 164 valence electrons. The van der Waals surface area contributed by atoms with E-state index in [1.807, 2.05) is 36.4 Å². The largest absolute Gasteiger partial charge is 0.573 e. The van der Waals surface area contributed by atoms with Crippen LogP contribution in [0.5, 0.6) is 5.75 Å². The molecule has 0 atom stereocenters. The number of aromatic amines is 1. The Morgan fingerprint density at radius 3 is 2.32 bits per heavy atom. The Balaban J connectivity index is 1.62. The van der Waals surface area contributed by atoms with Gasteiger partial charge in [0.05, 0.1) is 0 Å². The van der Waals surface area contributed by atoms with E-state index in [4.69, 9.17) is 0 Å². The number of H-pyrrole nitrogens is 1. The molecular weight excluding hydrogens is 403 g/mol. The van der Waals surface area contributed by atoms with Crippen molar-refractivity contribution in [1.82, 2.24) is 14.8 Å². The fourth-order valence-corrected chi connectivity index (χ4v) is 3.92. The second-order valence-electron chi connectivity index (χ2n) is 7.92. The average Bonchev–Trinajstić information content (AvgIpc) is 3.17. The third-order valence-corrected chi connectivity index (χ3v) is 5.63. The van der Waals surface area contributed by atoms with Gasteiger partial charge in [-0.1, -0.05) is 42.5 Å². The van der Waals surface area contributed by atoms with Gasteiger partial charge >= 0.3 is 6.36 Å². The Bertz CT molecular complexity index is 993. The van der Waals surface area contributed by atoms with Crippen LogP contribution < -0.4 is 4.74 Å². The van der Waals surface area contributed by atoms with Gasteiger partial charge in [-0.3, -0.25) is 0 Å². The summed E-state index contributed by atoms with van der Waals surface area (Å²) in [6.07, 6.45) is -3.90. The van der Waals surface area contributed by atoms with Crippen LogP contribution >= 0.6 is 0 Å². The van der Waals surface area contributed by atoms with Crippen molar-refractivity contribution in [2.75, 3.05) is 39.8 Å². The molecule has 1 aliphatic rings. The van der Waals surface area contributed by atoms with Crippen molar-refractivity contribution < 1.29 is 17.9 Å². The number of alkyl halides is 3. The van der Waals surface area contributed by atoms with Gasteiger partial charge in [0.1, 0.15) is 5.75 Å². The number of hydrogen-bond acceptors (Lipinski definition) is 3. The summed E-state index contributed by atoms with van der Waals surface area (Å²) < 4.78 is 42.2. The van der Waals surface area contributed by atoms with Crippen molar-refractivity contribution >= 4 is 0 Å². The maximum atomic E-state index is 12.7. The second kappa shape index (κ2) is 9.16. The van der Waals surface area contributed by atoms with Gasteiger partial charge in [0.2, 0.25) is 0 Å². The minimum absolute atomic E-state index is 0.217. The van der Waals surface area contributed by atoms with Gasteiger partial charge in [-0.15, -0.1) is 13.2 Å². The molecule has 0 radical (unpaired) electrons. The smallest absolute Gasteiger partial charge is 0.406 e. The van der Waals surface area contributed by atoms with E-state index < -0.39 is 6.36 Å². The van der Waals surface area contributed by atoms with E-state index in [0.29, 0.717) is 5.56 Å². The third kappa shape index (κ3) is 5.68. The van der Waals surface area contributed by atoms with Crippen LogP contribution in [0.15, 0.2) is 60.7 Å². The van der Waals surface area contributed by atoms with E-state index in [2.05, 4.69) is 32.6 Å². The summed E-state index contributed by atoms with van der Waals surface area (Å²) in [5, 5.41) is 0. The van der Waals surface area contributed by atoms with Crippen LogP contribution in [-0.2, 0) is 6.42 Å². The molecule has 0 aliphatic carbocycles. The Hall–Kier alpha value is -2.77. The Morgan fingerprint density at radius 1 is 0.903 bits per heavy atom. The number of aromatic nitrogens is 1. The number of halogens is 3. The molecule has 7 heteroatoms. The highest BCUT2D eigenvalue weighted by Crippen LogP contribution is 2.32. The van der Waals surface area contributed by atoms with Crippen molar-refractivity contribution in [2.45, 2.75) is 12.8 Å². The van der Waals surface area contributed by atoms with Crippen LogP contribution in [0.25, 0.3) is 22.5 Å². The van der Waals surface area contributed by atoms with Crippen molar-refractivity contribution in [3.63, 3.8) is 0 Å². The van der Waals surface area contributed by atoms with E-state index in [9.17, 15) is 13.2 Å². The molecule has 2 heterocycles. The molecule has 1 saturated heterocycles. The highest BCUT2D eigenvalue weighted by atomic mass is 19.4. The fourth-order valence-electron chi connectivity index (χ4n) is 3.92. The topological polar surface area (TPSA) is 31.5 Å². The van der Waals surface area contributed by atoms with Crippen LogP contribution in [0, 0.1) is 0 Å². The molecule has 1 fully saturated rings. The first-order valence-electron chi connectivity index (χ1n) is 10.4. The molecule has 2 aromatic carbocycles. The predicted molar refractivity (Wildman–Crippen MR) is 116 cm³/mol. The number of piperazine rings is 1. The molecule has 0 amide bonds. The molecule has 4 nitrogen and oxygen atoms in total. The average molecular weight is 429 g/mol. The van der Waals surface area contributed by atoms with E-state index in [0.717, 1.165) is 61.7 Å². The number of ether oxygens (including phenoxy) is 1. The lowest BCUT2D eigenvalue weighted by molar-refractivity contribution is -0.274. The molecule has 1 aliphatic heterocycles. The number of benzene rings is 2. The summed E-state index contributed by atoms with van der Waals surface area (Å²) in [4.78, 5) is 8.19. The first-order chi connectivity index (χ1) is 14.9. The first-order valence-corrected chi connectivity index (χ1v) is 10.4. The van der Waals surface area contributed by atoms with Crippen LogP contribution in [0.4, 0.5) is 13.2 Å². The van der Waals surface area contributed by atoms with Crippen LogP contribution in [0.1, 0.15) is 5.56 Å². The Labute approximate surface area is 180 Å². The van der Waals surface area contributed by atoms with Gasteiger partial charge in [0.25, 0.3) is 0 Å².